The number of para-hydroxylation sites is 1. The topological polar surface area (TPSA) is 79.0 Å². The highest BCUT2D eigenvalue weighted by molar-refractivity contribution is 6.42. The number of imide groups is 2. The second-order valence-electron chi connectivity index (χ2n) is 13.0. The van der Waals surface area contributed by atoms with Gasteiger partial charge >= 0.3 is 6.03 Å². The number of hydrogen-bond acceptors (Lipinski definition) is 5. The average Bonchev–Trinajstić information content (AvgIpc) is 3.15. The number of hydrogen-bond donors (Lipinski definition) is 1. The third-order valence-electron chi connectivity index (χ3n) is 9.96. The van der Waals surface area contributed by atoms with Gasteiger partial charge in [0.05, 0.1) is 15.7 Å². The molecule has 0 unspecified atom stereocenters. The first-order chi connectivity index (χ1) is 24.9. The van der Waals surface area contributed by atoms with Crippen LogP contribution in [-0.4, -0.2) is 30.9 Å². The van der Waals surface area contributed by atoms with Gasteiger partial charge in [-0.05, 0) is 77.1 Å². The zero-order valence-corrected chi connectivity index (χ0v) is 29.0. The predicted octanol–water partition coefficient (Wildman–Crippen LogP) is 9.12. The summed E-state index contributed by atoms with van der Waals surface area (Å²) in [6, 6.07) is 36.2. The second kappa shape index (κ2) is 13.7. The molecule has 3 aliphatic rings. The van der Waals surface area contributed by atoms with Crippen molar-refractivity contribution in [2.24, 2.45) is 0 Å². The van der Waals surface area contributed by atoms with E-state index in [0.717, 1.165) is 47.5 Å². The Labute approximate surface area is 306 Å². The standard InChI is InChI=1S/C42H33Cl2N3O4/c43-36-16-15-26(21-37(36)44)25-51-38-14-8-7-13-29(38)22-35-40(48)45-42(50)47(41(35)49)30-23-33-31(27-9-3-1-4-10-27)17-19-46-20-18-32(34(24-30)39(33)46)28-11-5-2-6-12-28/h1-16,21-24,31-32H,17-20,25H2,(H,45,48,50)/b35-22+/t31-,32+. The molecule has 8 rings (SSSR count). The molecule has 0 radical (unpaired) electrons. The highest BCUT2D eigenvalue weighted by Crippen LogP contribution is 2.50. The van der Waals surface area contributed by atoms with Gasteiger partial charge in [-0.25, -0.2) is 9.69 Å². The first-order valence-corrected chi connectivity index (χ1v) is 17.7. The lowest BCUT2D eigenvalue weighted by atomic mass is 9.76. The Morgan fingerprint density at radius 1 is 0.725 bits per heavy atom. The summed E-state index contributed by atoms with van der Waals surface area (Å²) in [4.78, 5) is 44.8. The predicted molar refractivity (Wildman–Crippen MR) is 201 cm³/mol. The summed E-state index contributed by atoms with van der Waals surface area (Å²) in [5, 5.41) is 3.28. The number of amides is 4. The number of halogens is 2. The number of rotatable bonds is 7. The van der Waals surface area contributed by atoms with E-state index in [-0.39, 0.29) is 24.0 Å². The smallest absolute Gasteiger partial charge is 0.335 e. The van der Waals surface area contributed by atoms with Gasteiger partial charge in [0, 0.05) is 36.2 Å². The fourth-order valence-electron chi connectivity index (χ4n) is 7.54. The SMILES string of the molecule is O=C1NC(=O)N(c2cc3c4c(c2)[C@H](c2ccccc2)CCN4CC[C@@H]3c2ccccc2)C(=O)/C1=C/c1ccccc1OCc1ccc(Cl)c(Cl)c1. The summed E-state index contributed by atoms with van der Waals surface area (Å²) >= 11 is 12.3. The largest absolute Gasteiger partial charge is 0.488 e. The van der Waals surface area contributed by atoms with Crippen molar-refractivity contribution in [2.75, 3.05) is 22.9 Å². The molecule has 0 aliphatic carbocycles. The number of barbiturate groups is 1. The van der Waals surface area contributed by atoms with Gasteiger partial charge in [0.2, 0.25) is 0 Å². The second-order valence-corrected chi connectivity index (χ2v) is 13.8. The van der Waals surface area contributed by atoms with Crippen LogP contribution in [0.3, 0.4) is 0 Å². The number of urea groups is 1. The van der Waals surface area contributed by atoms with Crippen molar-refractivity contribution < 1.29 is 19.1 Å². The molecule has 1 N–H and O–H groups in total. The van der Waals surface area contributed by atoms with Crippen molar-refractivity contribution in [3.63, 3.8) is 0 Å². The lowest BCUT2D eigenvalue weighted by Crippen LogP contribution is -2.54. The maximum absolute atomic E-state index is 14.4. The lowest BCUT2D eigenvalue weighted by Gasteiger charge is -2.44. The quantitative estimate of drug-likeness (QED) is 0.134. The highest BCUT2D eigenvalue weighted by Gasteiger charge is 2.40. The molecule has 9 heteroatoms. The van der Waals surface area contributed by atoms with E-state index in [1.807, 2.05) is 54.6 Å². The molecule has 1 fully saturated rings. The van der Waals surface area contributed by atoms with E-state index in [0.29, 0.717) is 27.0 Å². The number of benzene rings is 5. The van der Waals surface area contributed by atoms with E-state index in [1.165, 1.54) is 22.9 Å². The maximum Gasteiger partial charge on any atom is 0.335 e. The van der Waals surface area contributed by atoms with Crippen molar-refractivity contribution in [2.45, 2.75) is 31.3 Å². The van der Waals surface area contributed by atoms with Gasteiger partial charge in [0.1, 0.15) is 17.9 Å². The van der Waals surface area contributed by atoms with Crippen LogP contribution in [-0.2, 0) is 16.2 Å². The highest BCUT2D eigenvalue weighted by atomic mass is 35.5. The zero-order chi connectivity index (χ0) is 35.1. The molecule has 3 heterocycles. The number of ether oxygens (including phenoxy) is 1. The molecule has 4 amide bonds. The van der Waals surface area contributed by atoms with Crippen LogP contribution in [0.1, 0.15) is 58.1 Å². The van der Waals surface area contributed by atoms with Gasteiger partial charge in [-0.15, -0.1) is 0 Å². The monoisotopic (exact) mass is 713 g/mol. The first-order valence-electron chi connectivity index (χ1n) is 17.0. The minimum atomic E-state index is -0.783. The molecule has 0 spiro atoms. The Kier molecular flexibility index (Phi) is 8.84. The van der Waals surface area contributed by atoms with Crippen LogP contribution >= 0.6 is 23.2 Å². The van der Waals surface area contributed by atoms with Crippen LogP contribution in [0.15, 0.2) is 121 Å². The molecule has 3 aliphatic heterocycles. The summed E-state index contributed by atoms with van der Waals surface area (Å²) in [6.07, 6.45) is 3.28. The molecule has 5 aromatic rings. The molecule has 5 aromatic carbocycles. The van der Waals surface area contributed by atoms with Crippen LogP contribution in [0.25, 0.3) is 6.08 Å². The Balaban J connectivity index is 1.20. The molecule has 254 valence electrons. The van der Waals surface area contributed by atoms with Crippen molar-refractivity contribution in [3.8, 4) is 5.75 Å². The molecule has 0 saturated carbocycles. The normalized spacial score (nSPS) is 19.2. The van der Waals surface area contributed by atoms with E-state index in [2.05, 4.69) is 34.5 Å². The van der Waals surface area contributed by atoms with Crippen molar-refractivity contribution >= 4 is 58.5 Å². The van der Waals surface area contributed by atoms with Crippen LogP contribution < -0.4 is 19.9 Å². The average molecular weight is 715 g/mol. The fraction of sp³-hybridized carbons (Fsp3) is 0.167. The fourth-order valence-corrected chi connectivity index (χ4v) is 7.86. The summed E-state index contributed by atoms with van der Waals surface area (Å²) in [7, 11) is 0. The lowest BCUT2D eigenvalue weighted by molar-refractivity contribution is -0.122. The van der Waals surface area contributed by atoms with E-state index in [4.69, 9.17) is 27.9 Å². The molecular formula is C42H33Cl2N3O4. The Morgan fingerprint density at radius 3 is 1.96 bits per heavy atom. The van der Waals surface area contributed by atoms with Gasteiger partial charge in [-0.2, -0.15) is 0 Å². The Hall–Kier alpha value is -5.37. The molecular weight excluding hydrogens is 681 g/mol. The summed E-state index contributed by atoms with van der Waals surface area (Å²) in [5.74, 6) is -0.869. The van der Waals surface area contributed by atoms with Gasteiger partial charge in [0.25, 0.3) is 11.8 Å². The molecule has 0 bridgehead atoms. The number of nitrogens with one attached hydrogen (secondary N) is 1. The minimum Gasteiger partial charge on any atom is -0.488 e. The van der Waals surface area contributed by atoms with E-state index >= 15 is 0 Å². The minimum absolute atomic E-state index is 0.0739. The van der Waals surface area contributed by atoms with Crippen molar-refractivity contribution in [1.82, 2.24) is 5.32 Å². The number of carbonyl (C=O) groups is 3. The van der Waals surface area contributed by atoms with Gasteiger partial charge in [-0.3, -0.25) is 14.9 Å². The van der Waals surface area contributed by atoms with E-state index in [9.17, 15) is 14.4 Å². The van der Waals surface area contributed by atoms with Crippen LogP contribution in [0.5, 0.6) is 5.75 Å². The number of anilines is 2. The maximum atomic E-state index is 14.4. The number of nitrogens with zero attached hydrogens (tertiary/aromatic N) is 2. The molecule has 1 saturated heterocycles. The molecule has 51 heavy (non-hydrogen) atoms. The van der Waals surface area contributed by atoms with E-state index in [1.54, 1.807) is 36.4 Å². The van der Waals surface area contributed by atoms with Crippen LogP contribution in [0.4, 0.5) is 16.2 Å². The van der Waals surface area contributed by atoms with Gasteiger partial charge < -0.3 is 9.64 Å². The van der Waals surface area contributed by atoms with Gasteiger partial charge in [0.15, 0.2) is 0 Å². The molecule has 7 nitrogen and oxygen atoms in total. The summed E-state index contributed by atoms with van der Waals surface area (Å²) in [5.41, 5.74) is 7.24. The molecule has 2 atom stereocenters. The van der Waals surface area contributed by atoms with Crippen molar-refractivity contribution in [3.05, 3.63) is 164 Å². The Bertz CT molecular complexity index is 2130. The molecule has 0 aromatic heterocycles. The third-order valence-corrected chi connectivity index (χ3v) is 10.7. The number of carbonyl (C=O) groups excluding carboxylic acids is 3. The van der Waals surface area contributed by atoms with Crippen LogP contribution in [0, 0.1) is 0 Å². The van der Waals surface area contributed by atoms with Crippen molar-refractivity contribution in [1.29, 1.82) is 0 Å². The van der Waals surface area contributed by atoms with Crippen LogP contribution in [0.2, 0.25) is 10.0 Å². The first kappa shape index (κ1) is 32.8. The summed E-state index contributed by atoms with van der Waals surface area (Å²) in [6.45, 7) is 2.01. The summed E-state index contributed by atoms with van der Waals surface area (Å²) < 4.78 is 6.10. The van der Waals surface area contributed by atoms with E-state index < -0.39 is 17.8 Å². The third kappa shape index (κ3) is 6.28. The Morgan fingerprint density at radius 2 is 1.33 bits per heavy atom. The zero-order valence-electron chi connectivity index (χ0n) is 27.5. The van der Waals surface area contributed by atoms with Gasteiger partial charge in [-0.1, -0.05) is 108 Å².